The van der Waals surface area contributed by atoms with Crippen LogP contribution in [0.3, 0.4) is 0 Å². The highest BCUT2D eigenvalue weighted by atomic mass is 16.5. The summed E-state index contributed by atoms with van der Waals surface area (Å²) in [6.45, 7) is 5.20. The Kier molecular flexibility index (Phi) is 7.43. The van der Waals surface area contributed by atoms with Crippen LogP contribution in [0.5, 0.6) is 5.75 Å². The fourth-order valence-electron chi connectivity index (χ4n) is 1.46. The maximum Gasteiger partial charge on any atom is 0.115 e. The van der Waals surface area contributed by atoms with Gasteiger partial charge in [0.25, 0.3) is 0 Å². The molecule has 0 aliphatic heterocycles. The van der Waals surface area contributed by atoms with Gasteiger partial charge in [-0.05, 0) is 37.0 Å². The van der Waals surface area contributed by atoms with E-state index in [1.54, 1.807) is 12.1 Å². The van der Waals surface area contributed by atoms with E-state index < -0.39 is 0 Å². The fraction of sp³-hybridized carbons (Fsp3) is 0.571. The molecule has 0 fully saturated rings. The average Bonchev–Trinajstić information content (AvgIpc) is 2.35. The Morgan fingerprint density at radius 3 is 2.24 bits per heavy atom. The first-order valence-corrected chi connectivity index (χ1v) is 6.26. The van der Waals surface area contributed by atoms with Gasteiger partial charge in [0.05, 0.1) is 6.61 Å². The van der Waals surface area contributed by atoms with E-state index in [9.17, 15) is 0 Å². The third kappa shape index (κ3) is 6.97. The monoisotopic (exact) mass is 238 g/mol. The van der Waals surface area contributed by atoms with Crippen molar-refractivity contribution in [1.29, 1.82) is 0 Å². The first kappa shape index (κ1) is 14.0. The van der Waals surface area contributed by atoms with Crippen LogP contribution in [0.2, 0.25) is 0 Å². The summed E-state index contributed by atoms with van der Waals surface area (Å²) in [6.07, 6.45) is 2.91. The summed E-state index contributed by atoms with van der Waals surface area (Å²) in [6, 6.07) is 7.24. The summed E-state index contributed by atoms with van der Waals surface area (Å²) in [5.41, 5.74) is 1.19. The number of rotatable bonds is 9. The van der Waals surface area contributed by atoms with Gasteiger partial charge in [0.15, 0.2) is 0 Å². The van der Waals surface area contributed by atoms with Crippen LogP contribution < -0.4 is 0 Å². The Labute approximate surface area is 103 Å². The second-order valence-electron chi connectivity index (χ2n) is 3.99. The van der Waals surface area contributed by atoms with Crippen LogP contribution in [0.4, 0.5) is 0 Å². The second-order valence-corrected chi connectivity index (χ2v) is 3.99. The molecule has 1 N–H and O–H groups in total. The topological polar surface area (TPSA) is 38.7 Å². The van der Waals surface area contributed by atoms with E-state index in [0.717, 1.165) is 45.7 Å². The van der Waals surface area contributed by atoms with Gasteiger partial charge in [0, 0.05) is 19.8 Å². The standard InChI is InChI=1S/C14H22O3/c1-2-9-16-10-3-11-17-12-8-13-4-6-14(15)7-5-13/h4-7,15H,2-3,8-12H2,1H3. The summed E-state index contributed by atoms with van der Waals surface area (Å²) in [5.74, 6) is 0.308. The summed E-state index contributed by atoms with van der Waals surface area (Å²) >= 11 is 0. The normalized spacial score (nSPS) is 10.6. The zero-order valence-electron chi connectivity index (χ0n) is 10.5. The van der Waals surface area contributed by atoms with Crippen LogP contribution in [0.25, 0.3) is 0 Å². The van der Waals surface area contributed by atoms with E-state index >= 15 is 0 Å². The minimum Gasteiger partial charge on any atom is -0.508 e. The maximum absolute atomic E-state index is 9.12. The molecule has 0 bridgehead atoms. The van der Waals surface area contributed by atoms with Gasteiger partial charge in [-0.25, -0.2) is 0 Å². The molecule has 0 radical (unpaired) electrons. The SMILES string of the molecule is CCCOCCCOCCc1ccc(O)cc1. The van der Waals surface area contributed by atoms with Crippen molar-refractivity contribution >= 4 is 0 Å². The summed E-state index contributed by atoms with van der Waals surface area (Å²) in [4.78, 5) is 0. The molecule has 3 heteroatoms. The lowest BCUT2D eigenvalue weighted by molar-refractivity contribution is 0.0842. The van der Waals surface area contributed by atoms with Gasteiger partial charge < -0.3 is 14.6 Å². The molecule has 0 spiro atoms. The molecule has 0 amide bonds. The Bertz CT molecular complexity index is 282. The van der Waals surface area contributed by atoms with Crippen LogP contribution in [-0.2, 0) is 15.9 Å². The van der Waals surface area contributed by atoms with E-state index in [4.69, 9.17) is 14.6 Å². The molecule has 0 atom stereocenters. The molecule has 17 heavy (non-hydrogen) atoms. The van der Waals surface area contributed by atoms with E-state index in [2.05, 4.69) is 6.92 Å². The molecule has 0 aromatic heterocycles. The Morgan fingerprint density at radius 2 is 1.59 bits per heavy atom. The molecule has 96 valence electrons. The molecule has 3 nitrogen and oxygen atoms in total. The second kappa shape index (κ2) is 9.02. The Hall–Kier alpha value is -1.06. The Morgan fingerprint density at radius 1 is 0.941 bits per heavy atom. The molecular weight excluding hydrogens is 216 g/mol. The van der Waals surface area contributed by atoms with Gasteiger partial charge in [-0.15, -0.1) is 0 Å². The third-order valence-electron chi connectivity index (χ3n) is 2.40. The molecule has 1 aromatic rings. The number of hydrogen-bond donors (Lipinski definition) is 1. The average molecular weight is 238 g/mol. The number of benzene rings is 1. The van der Waals surface area contributed by atoms with Crippen molar-refractivity contribution < 1.29 is 14.6 Å². The van der Waals surface area contributed by atoms with Crippen molar-refractivity contribution in [3.63, 3.8) is 0 Å². The quantitative estimate of drug-likeness (QED) is 0.672. The minimum absolute atomic E-state index is 0.308. The third-order valence-corrected chi connectivity index (χ3v) is 2.40. The highest BCUT2D eigenvalue weighted by Crippen LogP contribution is 2.09. The smallest absolute Gasteiger partial charge is 0.115 e. The van der Waals surface area contributed by atoms with E-state index in [1.165, 1.54) is 5.56 Å². The summed E-state index contributed by atoms with van der Waals surface area (Å²) in [7, 11) is 0. The lowest BCUT2D eigenvalue weighted by atomic mass is 10.1. The first-order chi connectivity index (χ1) is 8.33. The van der Waals surface area contributed by atoms with Gasteiger partial charge in [0.1, 0.15) is 5.75 Å². The molecule has 0 unspecified atom stereocenters. The zero-order chi connectivity index (χ0) is 12.3. The number of ether oxygens (including phenoxy) is 2. The van der Waals surface area contributed by atoms with E-state index in [1.807, 2.05) is 12.1 Å². The van der Waals surface area contributed by atoms with Crippen LogP contribution in [0.15, 0.2) is 24.3 Å². The number of aromatic hydroxyl groups is 1. The van der Waals surface area contributed by atoms with Gasteiger partial charge in [-0.2, -0.15) is 0 Å². The predicted molar refractivity (Wildman–Crippen MR) is 68.4 cm³/mol. The minimum atomic E-state index is 0.308. The molecule has 0 heterocycles. The van der Waals surface area contributed by atoms with Crippen molar-refractivity contribution in [2.24, 2.45) is 0 Å². The number of phenolic OH excluding ortho intramolecular Hbond substituents is 1. The highest BCUT2D eigenvalue weighted by molar-refractivity contribution is 5.25. The van der Waals surface area contributed by atoms with Crippen LogP contribution in [0.1, 0.15) is 25.3 Å². The predicted octanol–water partition coefficient (Wildman–Crippen LogP) is 2.77. The molecule has 0 saturated heterocycles. The van der Waals surface area contributed by atoms with E-state index in [0.29, 0.717) is 5.75 Å². The molecule has 0 saturated carbocycles. The van der Waals surface area contributed by atoms with Crippen LogP contribution >= 0.6 is 0 Å². The zero-order valence-corrected chi connectivity index (χ0v) is 10.5. The highest BCUT2D eigenvalue weighted by Gasteiger charge is 1.94. The molecule has 1 aromatic carbocycles. The van der Waals surface area contributed by atoms with E-state index in [-0.39, 0.29) is 0 Å². The van der Waals surface area contributed by atoms with Gasteiger partial charge in [0.2, 0.25) is 0 Å². The lowest BCUT2D eigenvalue weighted by Crippen LogP contribution is -2.04. The molecular formula is C14H22O3. The maximum atomic E-state index is 9.12. The number of phenols is 1. The van der Waals surface area contributed by atoms with Gasteiger partial charge >= 0.3 is 0 Å². The van der Waals surface area contributed by atoms with Crippen molar-refractivity contribution in [2.45, 2.75) is 26.2 Å². The van der Waals surface area contributed by atoms with Gasteiger partial charge in [-0.3, -0.25) is 0 Å². The summed E-state index contributed by atoms with van der Waals surface area (Å²) < 4.78 is 10.9. The fourth-order valence-corrected chi connectivity index (χ4v) is 1.46. The van der Waals surface area contributed by atoms with Crippen LogP contribution in [-0.4, -0.2) is 31.5 Å². The first-order valence-electron chi connectivity index (χ1n) is 6.26. The molecule has 0 aliphatic carbocycles. The van der Waals surface area contributed by atoms with Crippen molar-refractivity contribution in [1.82, 2.24) is 0 Å². The Balaban J connectivity index is 1.95. The van der Waals surface area contributed by atoms with Crippen molar-refractivity contribution in [3.05, 3.63) is 29.8 Å². The van der Waals surface area contributed by atoms with Crippen molar-refractivity contribution in [2.75, 3.05) is 26.4 Å². The van der Waals surface area contributed by atoms with Crippen molar-refractivity contribution in [3.8, 4) is 5.75 Å². The molecule has 0 aliphatic rings. The van der Waals surface area contributed by atoms with Gasteiger partial charge in [-0.1, -0.05) is 19.1 Å². The largest absolute Gasteiger partial charge is 0.508 e. The molecule has 1 rings (SSSR count). The lowest BCUT2D eigenvalue weighted by Gasteiger charge is -2.05. The van der Waals surface area contributed by atoms with Crippen LogP contribution in [0, 0.1) is 0 Å². The number of hydrogen-bond acceptors (Lipinski definition) is 3. The summed E-state index contributed by atoms with van der Waals surface area (Å²) in [5, 5.41) is 9.12.